The fourth-order valence-corrected chi connectivity index (χ4v) is 6.07. The topological polar surface area (TPSA) is 27.6 Å². The number of thioether (sulfide) groups is 1. The highest BCUT2D eigenvalue weighted by molar-refractivity contribution is 8.00. The molecule has 3 aromatic rings. The van der Waals surface area contributed by atoms with Crippen LogP contribution >= 0.6 is 11.8 Å². The van der Waals surface area contributed by atoms with Crippen molar-refractivity contribution in [1.29, 1.82) is 0 Å². The first-order valence-corrected chi connectivity index (χ1v) is 11.9. The van der Waals surface area contributed by atoms with Crippen molar-refractivity contribution < 1.29 is 0 Å². The zero-order chi connectivity index (χ0) is 20.9. The molecule has 3 aromatic carbocycles. The molecular weight excluding hydrogens is 398 g/mol. The van der Waals surface area contributed by atoms with E-state index in [2.05, 4.69) is 107 Å². The third kappa shape index (κ3) is 3.88. The van der Waals surface area contributed by atoms with Crippen molar-refractivity contribution in [2.24, 2.45) is 4.99 Å². The van der Waals surface area contributed by atoms with Crippen LogP contribution in [0.25, 0.3) is 0 Å². The molecule has 0 radical (unpaired) electrons. The molecule has 0 saturated carbocycles. The van der Waals surface area contributed by atoms with Gasteiger partial charge in [-0.3, -0.25) is 4.99 Å². The first-order chi connectivity index (χ1) is 15.4. The van der Waals surface area contributed by atoms with Crippen LogP contribution in [0.1, 0.15) is 23.1 Å². The Morgan fingerprint density at radius 1 is 0.806 bits per heavy atom. The van der Waals surface area contributed by atoms with E-state index in [4.69, 9.17) is 4.99 Å². The largest absolute Gasteiger partial charge is 0.368 e. The molecule has 0 bridgehead atoms. The van der Waals surface area contributed by atoms with E-state index < -0.39 is 0 Å². The number of rotatable bonds is 7. The van der Waals surface area contributed by atoms with E-state index in [-0.39, 0.29) is 4.75 Å². The van der Waals surface area contributed by atoms with E-state index >= 15 is 0 Å². The van der Waals surface area contributed by atoms with E-state index in [9.17, 15) is 0 Å². The summed E-state index contributed by atoms with van der Waals surface area (Å²) in [6, 6.07) is 32.7. The molecule has 3 nitrogen and oxygen atoms in total. The molecule has 31 heavy (non-hydrogen) atoms. The summed E-state index contributed by atoms with van der Waals surface area (Å²) < 4.78 is -0.268. The molecule has 0 amide bonds. The van der Waals surface area contributed by atoms with Crippen LogP contribution in [0.5, 0.6) is 0 Å². The van der Waals surface area contributed by atoms with Crippen molar-refractivity contribution in [3.05, 3.63) is 119 Å². The molecule has 2 aliphatic rings. The normalized spacial score (nSPS) is 15.7. The summed E-state index contributed by atoms with van der Waals surface area (Å²) in [6.45, 7) is 3.00. The summed E-state index contributed by atoms with van der Waals surface area (Å²) in [5, 5.41) is 3.53. The van der Waals surface area contributed by atoms with Gasteiger partial charge in [-0.15, -0.1) is 11.8 Å². The van der Waals surface area contributed by atoms with Gasteiger partial charge in [-0.2, -0.15) is 0 Å². The third-order valence-electron chi connectivity index (χ3n) is 6.01. The zero-order valence-corrected chi connectivity index (χ0v) is 18.4. The van der Waals surface area contributed by atoms with Crippen LogP contribution in [0.4, 0.5) is 0 Å². The maximum absolute atomic E-state index is 4.75. The first-order valence-electron chi connectivity index (χ1n) is 10.9. The molecule has 4 heteroatoms. The van der Waals surface area contributed by atoms with E-state index in [1.807, 2.05) is 11.8 Å². The molecule has 1 N–H and O–H groups in total. The number of hydrogen-bond donors (Lipinski definition) is 1. The van der Waals surface area contributed by atoms with Gasteiger partial charge in [0.1, 0.15) is 5.82 Å². The van der Waals surface area contributed by atoms with Gasteiger partial charge in [0.2, 0.25) is 0 Å². The van der Waals surface area contributed by atoms with Gasteiger partial charge in [0, 0.05) is 31.5 Å². The molecule has 0 unspecified atom stereocenters. The van der Waals surface area contributed by atoms with Crippen LogP contribution in [0, 0.1) is 0 Å². The van der Waals surface area contributed by atoms with Gasteiger partial charge in [-0.25, -0.2) is 0 Å². The second-order valence-electron chi connectivity index (χ2n) is 7.86. The van der Waals surface area contributed by atoms with Gasteiger partial charge in [0.05, 0.1) is 17.0 Å². The van der Waals surface area contributed by atoms with Crippen LogP contribution in [-0.2, 0) is 4.75 Å². The highest BCUT2D eigenvalue weighted by Crippen LogP contribution is 2.48. The minimum Gasteiger partial charge on any atom is -0.368 e. The quantitative estimate of drug-likeness (QED) is 0.523. The van der Waals surface area contributed by atoms with Gasteiger partial charge >= 0.3 is 0 Å². The molecule has 1 saturated heterocycles. The Bertz CT molecular complexity index is 965. The lowest BCUT2D eigenvalue weighted by atomic mass is 9.84. The van der Waals surface area contributed by atoms with Crippen molar-refractivity contribution in [2.75, 3.05) is 25.4 Å². The number of nitrogens with zero attached hydrogens (tertiary/aromatic N) is 2. The van der Waals surface area contributed by atoms with Crippen molar-refractivity contribution in [1.82, 2.24) is 10.2 Å². The zero-order valence-electron chi connectivity index (χ0n) is 17.6. The fourth-order valence-electron chi connectivity index (χ4n) is 4.56. The monoisotopic (exact) mass is 425 g/mol. The lowest BCUT2D eigenvalue weighted by molar-refractivity contribution is 0.441. The molecule has 0 spiro atoms. The Hall–Kier alpha value is -2.98. The Labute approximate surface area is 188 Å². The van der Waals surface area contributed by atoms with Gasteiger partial charge in [0.25, 0.3) is 0 Å². The second kappa shape index (κ2) is 9.03. The second-order valence-corrected chi connectivity index (χ2v) is 9.17. The predicted molar refractivity (Wildman–Crippen MR) is 131 cm³/mol. The maximum atomic E-state index is 4.75. The Kier molecular flexibility index (Phi) is 5.81. The average molecular weight is 426 g/mol. The van der Waals surface area contributed by atoms with Crippen molar-refractivity contribution in [2.45, 2.75) is 11.2 Å². The minimum absolute atomic E-state index is 0.268. The van der Waals surface area contributed by atoms with Gasteiger partial charge in [-0.05, 0) is 16.7 Å². The van der Waals surface area contributed by atoms with Crippen LogP contribution in [0.2, 0.25) is 0 Å². The highest BCUT2D eigenvalue weighted by atomic mass is 32.2. The minimum atomic E-state index is -0.268. The molecule has 2 aliphatic heterocycles. The standard InChI is InChI=1S/C27H27N3S/c1-4-10-22(11-5-1)27(23-12-6-2-7-13-23,24-14-8-3-9-15-24)31-21-16-25-26-29-18-20-30(26)19-17-28-25/h1-15,17,29H,16,18-21H2. The first kappa shape index (κ1) is 20.0. The summed E-state index contributed by atoms with van der Waals surface area (Å²) in [6.07, 6.45) is 2.99. The van der Waals surface area contributed by atoms with Crippen molar-refractivity contribution in [3.63, 3.8) is 0 Å². The fraction of sp³-hybridized carbons (Fsp3) is 0.222. The molecule has 0 atom stereocenters. The number of aliphatic imine (C=N–C) groups is 1. The van der Waals surface area contributed by atoms with Gasteiger partial charge in [0.15, 0.2) is 0 Å². The van der Waals surface area contributed by atoms with E-state index in [1.165, 1.54) is 28.2 Å². The molecule has 5 rings (SSSR count). The Morgan fingerprint density at radius 3 is 1.90 bits per heavy atom. The lowest BCUT2D eigenvalue weighted by Gasteiger charge is -2.35. The third-order valence-corrected chi connectivity index (χ3v) is 7.56. The average Bonchev–Trinajstić information content (AvgIpc) is 3.34. The molecule has 0 aromatic heterocycles. The number of nitrogens with one attached hydrogen (secondary N) is 1. The Morgan fingerprint density at radius 2 is 1.35 bits per heavy atom. The van der Waals surface area contributed by atoms with E-state index in [0.717, 1.165) is 31.8 Å². The predicted octanol–water partition coefficient (Wildman–Crippen LogP) is 5.26. The van der Waals surface area contributed by atoms with E-state index in [1.54, 1.807) is 0 Å². The van der Waals surface area contributed by atoms with Crippen LogP contribution in [0.15, 0.2) is 108 Å². The molecule has 1 fully saturated rings. The van der Waals surface area contributed by atoms with Crippen molar-refractivity contribution >= 4 is 18.0 Å². The highest BCUT2D eigenvalue weighted by Gasteiger charge is 2.37. The van der Waals surface area contributed by atoms with Crippen LogP contribution in [-0.4, -0.2) is 36.5 Å². The Balaban J connectivity index is 1.53. The summed E-state index contributed by atoms with van der Waals surface area (Å²) in [4.78, 5) is 7.14. The molecule has 2 heterocycles. The van der Waals surface area contributed by atoms with Crippen LogP contribution in [0.3, 0.4) is 0 Å². The molecule has 156 valence electrons. The van der Waals surface area contributed by atoms with Gasteiger partial charge < -0.3 is 10.2 Å². The SMILES string of the molecule is C1=NC(CCSC(c2ccccc2)(c2ccccc2)c2ccccc2)=C2NCCN2C1. The smallest absolute Gasteiger partial charge is 0.124 e. The number of hydrogen-bond acceptors (Lipinski definition) is 4. The number of fused-ring (bicyclic) bond motifs is 1. The number of benzene rings is 3. The summed E-state index contributed by atoms with van der Waals surface area (Å²) in [5.74, 6) is 2.21. The molecular formula is C27H27N3S. The van der Waals surface area contributed by atoms with Crippen LogP contribution < -0.4 is 5.32 Å². The lowest BCUT2D eigenvalue weighted by Crippen LogP contribution is -2.28. The summed E-state index contributed by atoms with van der Waals surface area (Å²) in [7, 11) is 0. The van der Waals surface area contributed by atoms with Gasteiger partial charge in [-0.1, -0.05) is 91.0 Å². The number of allylic oxidation sites excluding steroid dienone is 1. The summed E-state index contributed by atoms with van der Waals surface area (Å²) >= 11 is 2.00. The maximum Gasteiger partial charge on any atom is 0.124 e. The van der Waals surface area contributed by atoms with E-state index in [0.29, 0.717) is 0 Å². The van der Waals surface area contributed by atoms with Crippen molar-refractivity contribution in [3.8, 4) is 0 Å². The molecule has 0 aliphatic carbocycles. The summed E-state index contributed by atoms with van der Waals surface area (Å²) in [5.41, 5.74) is 5.10.